The van der Waals surface area contributed by atoms with Crippen molar-refractivity contribution in [3.63, 3.8) is 0 Å². The largest absolute Gasteiger partial charge is 0.467 e. The Labute approximate surface area is 180 Å². The Morgan fingerprint density at radius 2 is 1.69 bits per heavy atom. The number of halogens is 2. The first-order chi connectivity index (χ1) is 15.3. The number of hydrogen-bond acceptors (Lipinski definition) is 6. The van der Waals surface area contributed by atoms with E-state index in [1.54, 1.807) is 12.1 Å². The van der Waals surface area contributed by atoms with Gasteiger partial charge in [0.15, 0.2) is 17.7 Å². The van der Waals surface area contributed by atoms with Gasteiger partial charge in [-0.15, -0.1) is 0 Å². The molecule has 2 amide bonds. The maximum Gasteiger partial charge on any atom is 0.338 e. The van der Waals surface area contributed by atoms with Crippen LogP contribution in [0.4, 0.5) is 8.78 Å². The lowest BCUT2D eigenvalue weighted by Crippen LogP contribution is -2.28. The van der Waals surface area contributed by atoms with E-state index < -0.39 is 41.3 Å². The summed E-state index contributed by atoms with van der Waals surface area (Å²) in [4.78, 5) is 51.1. The van der Waals surface area contributed by atoms with Crippen molar-refractivity contribution in [1.82, 2.24) is 4.90 Å². The number of furan rings is 1. The summed E-state index contributed by atoms with van der Waals surface area (Å²) in [6.07, 6.45) is 0.123. The Hall–Kier alpha value is -4.14. The number of carbonyl (C=O) groups excluding carboxylic acids is 4. The molecule has 0 radical (unpaired) electrons. The standard InChI is InChI=1S/C23H15F2NO6/c1-12(20(27)13-5-7-18(24)19(25)10-13)32-23(30)14-4-6-16-17(9-14)22(29)26(21(16)28)11-15-3-2-8-31-15/h2-10,12H,11H2,1H3. The molecule has 1 aliphatic rings. The molecular weight excluding hydrogens is 424 g/mol. The van der Waals surface area contributed by atoms with Crippen LogP contribution in [-0.4, -0.2) is 34.6 Å². The molecule has 4 rings (SSSR count). The number of hydrogen-bond donors (Lipinski definition) is 0. The third kappa shape index (κ3) is 3.80. The van der Waals surface area contributed by atoms with E-state index in [-0.39, 0.29) is 28.8 Å². The minimum Gasteiger partial charge on any atom is -0.467 e. The van der Waals surface area contributed by atoms with E-state index in [1.807, 2.05) is 0 Å². The van der Waals surface area contributed by atoms with Crippen LogP contribution in [0, 0.1) is 11.6 Å². The molecule has 1 unspecified atom stereocenters. The molecule has 0 bridgehead atoms. The summed E-state index contributed by atoms with van der Waals surface area (Å²) in [5.41, 5.74) is -0.0539. The molecule has 0 saturated heterocycles. The van der Waals surface area contributed by atoms with E-state index in [4.69, 9.17) is 9.15 Å². The first kappa shape index (κ1) is 21.1. The zero-order valence-corrected chi connectivity index (χ0v) is 16.6. The van der Waals surface area contributed by atoms with Gasteiger partial charge in [0.1, 0.15) is 5.76 Å². The molecule has 7 nitrogen and oxygen atoms in total. The molecule has 0 aliphatic carbocycles. The van der Waals surface area contributed by atoms with E-state index in [0.717, 1.165) is 23.1 Å². The molecule has 1 atom stereocenters. The summed E-state index contributed by atoms with van der Waals surface area (Å²) < 4.78 is 36.7. The molecule has 1 aromatic heterocycles. The molecule has 9 heteroatoms. The first-order valence-corrected chi connectivity index (χ1v) is 9.49. The highest BCUT2D eigenvalue weighted by atomic mass is 19.2. The van der Waals surface area contributed by atoms with Crippen molar-refractivity contribution >= 4 is 23.6 Å². The summed E-state index contributed by atoms with van der Waals surface area (Å²) in [5, 5.41) is 0. The maximum atomic E-state index is 13.4. The molecule has 2 aromatic carbocycles. The Kier molecular flexibility index (Phi) is 5.40. The van der Waals surface area contributed by atoms with E-state index in [0.29, 0.717) is 5.76 Å². The zero-order valence-electron chi connectivity index (χ0n) is 16.6. The van der Waals surface area contributed by atoms with Crippen LogP contribution < -0.4 is 0 Å². The van der Waals surface area contributed by atoms with Crippen LogP contribution in [0.1, 0.15) is 54.1 Å². The lowest BCUT2D eigenvalue weighted by atomic mass is 10.1. The molecule has 0 N–H and O–H groups in total. The first-order valence-electron chi connectivity index (χ1n) is 9.49. The van der Waals surface area contributed by atoms with E-state index in [9.17, 15) is 28.0 Å². The van der Waals surface area contributed by atoms with Gasteiger partial charge in [0.25, 0.3) is 11.8 Å². The molecular formula is C23H15F2NO6. The van der Waals surface area contributed by atoms with Crippen LogP contribution in [0.15, 0.2) is 59.2 Å². The summed E-state index contributed by atoms with van der Waals surface area (Å²) in [6, 6.07) is 9.70. The van der Waals surface area contributed by atoms with Crippen molar-refractivity contribution in [1.29, 1.82) is 0 Å². The predicted octanol–water partition coefficient (Wildman–Crippen LogP) is 3.78. The van der Waals surface area contributed by atoms with Gasteiger partial charge in [-0.05, 0) is 55.5 Å². The Bertz CT molecular complexity index is 1250. The summed E-state index contributed by atoms with van der Waals surface area (Å²) in [5.74, 6) is -4.65. The zero-order chi connectivity index (χ0) is 23.0. The molecule has 1 aliphatic heterocycles. The van der Waals surface area contributed by atoms with Crippen LogP contribution in [0.25, 0.3) is 0 Å². The number of amides is 2. The number of carbonyl (C=O) groups is 4. The number of ketones is 1. The summed E-state index contributed by atoms with van der Waals surface area (Å²) in [7, 11) is 0. The number of esters is 1. The van der Waals surface area contributed by atoms with Crippen molar-refractivity contribution in [2.75, 3.05) is 0 Å². The third-order valence-electron chi connectivity index (χ3n) is 4.96. The highest BCUT2D eigenvalue weighted by Crippen LogP contribution is 2.26. The topological polar surface area (TPSA) is 93.9 Å². The van der Waals surface area contributed by atoms with Gasteiger partial charge in [0.2, 0.25) is 5.78 Å². The van der Waals surface area contributed by atoms with E-state index >= 15 is 0 Å². The lowest BCUT2D eigenvalue weighted by Gasteiger charge is -2.13. The van der Waals surface area contributed by atoms with Gasteiger partial charge in [-0.1, -0.05) is 0 Å². The fourth-order valence-electron chi connectivity index (χ4n) is 3.29. The number of nitrogens with zero attached hydrogens (tertiary/aromatic N) is 1. The number of benzene rings is 2. The van der Waals surface area contributed by atoms with Crippen LogP contribution in [0.3, 0.4) is 0 Å². The van der Waals surface area contributed by atoms with E-state index in [2.05, 4.69) is 0 Å². The smallest absolute Gasteiger partial charge is 0.338 e. The lowest BCUT2D eigenvalue weighted by molar-refractivity contribution is 0.0318. The molecule has 0 fully saturated rings. The molecule has 32 heavy (non-hydrogen) atoms. The summed E-state index contributed by atoms with van der Waals surface area (Å²) in [6.45, 7) is 1.23. The van der Waals surface area contributed by atoms with Crippen LogP contribution >= 0.6 is 0 Å². The normalized spacial score (nSPS) is 13.8. The highest BCUT2D eigenvalue weighted by molar-refractivity contribution is 6.21. The van der Waals surface area contributed by atoms with Gasteiger partial charge in [0, 0.05) is 5.56 Å². The second-order valence-electron chi connectivity index (χ2n) is 7.08. The quantitative estimate of drug-likeness (QED) is 0.330. The van der Waals surface area contributed by atoms with Crippen molar-refractivity contribution in [3.8, 4) is 0 Å². The van der Waals surface area contributed by atoms with Crippen LogP contribution in [-0.2, 0) is 11.3 Å². The van der Waals surface area contributed by atoms with E-state index in [1.165, 1.54) is 31.4 Å². The second kappa shape index (κ2) is 8.18. The van der Waals surface area contributed by atoms with Crippen LogP contribution in [0.5, 0.6) is 0 Å². The van der Waals surface area contributed by atoms with Crippen molar-refractivity contribution < 1.29 is 37.1 Å². The van der Waals surface area contributed by atoms with Gasteiger partial charge in [-0.25, -0.2) is 13.6 Å². The summed E-state index contributed by atoms with van der Waals surface area (Å²) >= 11 is 0. The fraction of sp³-hybridized carbons (Fsp3) is 0.130. The average molecular weight is 439 g/mol. The minimum atomic E-state index is -1.30. The van der Waals surface area contributed by atoms with Crippen molar-refractivity contribution in [2.24, 2.45) is 0 Å². The van der Waals surface area contributed by atoms with Gasteiger partial charge >= 0.3 is 5.97 Å². The molecule has 2 heterocycles. The van der Waals surface area contributed by atoms with Crippen LogP contribution in [0.2, 0.25) is 0 Å². The fourth-order valence-corrected chi connectivity index (χ4v) is 3.29. The van der Waals surface area contributed by atoms with Crippen molar-refractivity contribution in [3.05, 3.63) is 94.4 Å². The van der Waals surface area contributed by atoms with Gasteiger partial charge in [0.05, 0.1) is 29.5 Å². The SMILES string of the molecule is CC(OC(=O)c1ccc2c(c1)C(=O)N(Cc1ccco1)C2=O)C(=O)c1ccc(F)c(F)c1. The van der Waals surface area contributed by atoms with Gasteiger partial charge < -0.3 is 9.15 Å². The molecule has 0 spiro atoms. The molecule has 3 aromatic rings. The highest BCUT2D eigenvalue weighted by Gasteiger charge is 2.36. The number of fused-ring (bicyclic) bond motifs is 1. The molecule has 162 valence electrons. The predicted molar refractivity (Wildman–Crippen MR) is 105 cm³/mol. The number of rotatable bonds is 6. The molecule has 0 saturated carbocycles. The monoisotopic (exact) mass is 439 g/mol. The second-order valence-corrected chi connectivity index (χ2v) is 7.08. The number of imide groups is 1. The number of Topliss-reactive ketones (excluding diaryl/α,β-unsaturated/α-hetero) is 1. The maximum absolute atomic E-state index is 13.4. The Balaban J connectivity index is 1.49. The number of ether oxygens (including phenoxy) is 1. The van der Waals surface area contributed by atoms with Gasteiger partial charge in [-0.3, -0.25) is 19.3 Å². The Morgan fingerprint density at radius 3 is 2.38 bits per heavy atom. The van der Waals surface area contributed by atoms with Crippen molar-refractivity contribution in [2.45, 2.75) is 19.6 Å². The average Bonchev–Trinajstić information content (AvgIpc) is 3.38. The Morgan fingerprint density at radius 1 is 0.969 bits per heavy atom. The third-order valence-corrected chi connectivity index (χ3v) is 4.96. The minimum absolute atomic E-state index is 0.0237. The van der Waals surface area contributed by atoms with Gasteiger partial charge in [-0.2, -0.15) is 0 Å².